The number of ether oxygens (including phenoxy) is 1. The van der Waals surface area contributed by atoms with Gasteiger partial charge in [0, 0.05) is 18.0 Å². The Bertz CT molecular complexity index is 879. The highest BCUT2D eigenvalue weighted by molar-refractivity contribution is 5.69. The highest BCUT2D eigenvalue weighted by Crippen LogP contribution is 2.35. The molecule has 1 atom stereocenters. The third kappa shape index (κ3) is 4.96. The molecule has 3 aromatic carbocycles. The van der Waals surface area contributed by atoms with Crippen LogP contribution in [0, 0.1) is 0 Å². The average Bonchev–Trinajstić information content (AvgIpc) is 2.72. The van der Waals surface area contributed by atoms with E-state index < -0.39 is 5.97 Å². The Morgan fingerprint density at radius 1 is 0.926 bits per heavy atom. The van der Waals surface area contributed by atoms with Crippen LogP contribution in [-0.2, 0) is 17.9 Å². The minimum Gasteiger partial charge on any atom is -0.489 e. The molecular weight excluding hydrogens is 338 g/mol. The molecule has 0 aromatic heterocycles. The Morgan fingerprint density at radius 3 is 2.22 bits per heavy atom. The first-order valence-electron chi connectivity index (χ1n) is 8.93. The summed E-state index contributed by atoms with van der Waals surface area (Å²) >= 11 is 0. The Labute approximate surface area is 159 Å². The van der Waals surface area contributed by atoms with E-state index in [1.807, 2.05) is 78.9 Å². The van der Waals surface area contributed by atoms with E-state index >= 15 is 0 Å². The van der Waals surface area contributed by atoms with E-state index in [2.05, 4.69) is 0 Å². The van der Waals surface area contributed by atoms with Crippen LogP contribution in [-0.4, -0.2) is 11.1 Å². The van der Waals surface area contributed by atoms with E-state index in [1.54, 1.807) is 0 Å². The van der Waals surface area contributed by atoms with Crippen molar-refractivity contribution in [1.29, 1.82) is 0 Å². The Hall–Kier alpha value is -3.11. The summed E-state index contributed by atoms with van der Waals surface area (Å²) in [4.78, 5) is 11.5. The van der Waals surface area contributed by atoms with Crippen molar-refractivity contribution in [1.82, 2.24) is 0 Å². The lowest BCUT2D eigenvalue weighted by Gasteiger charge is -2.21. The summed E-state index contributed by atoms with van der Waals surface area (Å²) in [6, 6.07) is 25.3. The molecule has 0 aliphatic rings. The van der Waals surface area contributed by atoms with Crippen LogP contribution in [0.15, 0.2) is 78.9 Å². The summed E-state index contributed by atoms with van der Waals surface area (Å²) in [5.74, 6) is -0.469. The first kappa shape index (κ1) is 18.7. The largest absolute Gasteiger partial charge is 0.489 e. The maximum Gasteiger partial charge on any atom is 0.304 e. The van der Waals surface area contributed by atoms with Crippen LogP contribution in [0.1, 0.15) is 34.6 Å². The van der Waals surface area contributed by atoms with Crippen molar-refractivity contribution in [2.75, 3.05) is 0 Å². The van der Waals surface area contributed by atoms with E-state index in [-0.39, 0.29) is 12.3 Å². The normalized spacial score (nSPS) is 11.7. The third-order valence-electron chi connectivity index (χ3n) is 4.50. The van der Waals surface area contributed by atoms with Crippen molar-refractivity contribution >= 4 is 5.97 Å². The lowest BCUT2D eigenvalue weighted by molar-refractivity contribution is -0.137. The molecule has 0 aliphatic carbocycles. The fourth-order valence-electron chi connectivity index (χ4n) is 3.13. The fraction of sp³-hybridized carbons (Fsp3) is 0.174. The Kier molecular flexibility index (Phi) is 6.23. The zero-order chi connectivity index (χ0) is 19.1. The number of carboxylic acid groups (broad SMARTS) is 1. The lowest BCUT2D eigenvalue weighted by Crippen LogP contribution is -2.11. The molecule has 0 aliphatic heterocycles. The molecular formula is C23H23NO3. The molecule has 4 heteroatoms. The van der Waals surface area contributed by atoms with Crippen LogP contribution >= 0.6 is 0 Å². The van der Waals surface area contributed by atoms with Crippen LogP contribution in [0.3, 0.4) is 0 Å². The van der Waals surface area contributed by atoms with Crippen molar-refractivity contribution in [3.63, 3.8) is 0 Å². The number of aliphatic carboxylic acids is 1. The molecule has 0 spiro atoms. The van der Waals surface area contributed by atoms with Gasteiger partial charge >= 0.3 is 5.97 Å². The predicted molar refractivity (Wildman–Crippen MR) is 106 cm³/mol. The monoisotopic (exact) mass is 361 g/mol. The van der Waals surface area contributed by atoms with Crippen molar-refractivity contribution in [3.8, 4) is 5.75 Å². The molecule has 138 valence electrons. The standard InChI is InChI=1S/C23H23NO3/c24-15-18-11-12-22(27-16-17-7-3-1-4-8-17)21(13-18)20(14-23(25)26)19-9-5-2-6-10-19/h1-13,20H,14-16,24H2,(H,25,26)/t20-/m1/s1. The van der Waals surface area contributed by atoms with Crippen LogP contribution in [0.4, 0.5) is 0 Å². The van der Waals surface area contributed by atoms with Gasteiger partial charge in [0.25, 0.3) is 0 Å². The summed E-state index contributed by atoms with van der Waals surface area (Å²) in [5.41, 5.74) is 9.61. The molecule has 0 fully saturated rings. The highest BCUT2D eigenvalue weighted by Gasteiger charge is 2.22. The van der Waals surface area contributed by atoms with Gasteiger partial charge in [0.2, 0.25) is 0 Å². The number of benzene rings is 3. The van der Waals surface area contributed by atoms with Gasteiger partial charge in [0.1, 0.15) is 12.4 Å². The van der Waals surface area contributed by atoms with Gasteiger partial charge in [-0.3, -0.25) is 4.79 Å². The van der Waals surface area contributed by atoms with Crippen molar-refractivity contribution in [2.24, 2.45) is 5.73 Å². The van der Waals surface area contributed by atoms with E-state index in [1.165, 1.54) is 0 Å². The molecule has 0 saturated carbocycles. The molecule has 3 aromatic rings. The molecule has 3 rings (SSSR count). The summed E-state index contributed by atoms with van der Waals surface area (Å²) in [5, 5.41) is 9.47. The van der Waals surface area contributed by atoms with Crippen molar-refractivity contribution in [3.05, 3.63) is 101 Å². The van der Waals surface area contributed by atoms with E-state index in [4.69, 9.17) is 10.5 Å². The molecule has 0 saturated heterocycles. The van der Waals surface area contributed by atoms with Crippen LogP contribution < -0.4 is 10.5 Å². The van der Waals surface area contributed by atoms with Gasteiger partial charge in [0.15, 0.2) is 0 Å². The Balaban J connectivity index is 1.97. The molecule has 3 N–H and O–H groups in total. The van der Waals surface area contributed by atoms with Gasteiger partial charge in [-0.2, -0.15) is 0 Å². The second kappa shape index (κ2) is 9.01. The summed E-state index contributed by atoms with van der Waals surface area (Å²) < 4.78 is 6.07. The first-order valence-corrected chi connectivity index (χ1v) is 8.93. The molecule has 0 unspecified atom stereocenters. The molecule has 0 bridgehead atoms. The van der Waals surface area contributed by atoms with Crippen molar-refractivity contribution < 1.29 is 14.6 Å². The first-order chi connectivity index (χ1) is 13.2. The van der Waals surface area contributed by atoms with Gasteiger partial charge in [-0.15, -0.1) is 0 Å². The smallest absolute Gasteiger partial charge is 0.304 e. The highest BCUT2D eigenvalue weighted by atomic mass is 16.5. The predicted octanol–water partition coefficient (Wildman–Crippen LogP) is 4.33. The topological polar surface area (TPSA) is 72.5 Å². The summed E-state index contributed by atoms with van der Waals surface area (Å²) in [6.45, 7) is 0.810. The zero-order valence-electron chi connectivity index (χ0n) is 15.0. The SMILES string of the molecule is NCc1ccc(OCc2ccccc2)c([C@H](CC(=O)O)c2ccccc2)c1. The van der Waals surface area contributed by atoms with Gasteiger partial charge in [-0.05, 0) is 22.8 Å². The minimum absolute atomic E-state index is 0.0142. The van der Waals surface area contributed by atoms with Crippen molar-refractivity contribution in [2.45, 2.75) is 25.5 Å². The average molecular weight is 361 g/mol. The van der Waals surface area contributed by atoms with E-state index in [9.17, 15) is 9.90 Å². The van der Waals surface area contributed by atoms with Gasteiger partial charge in [-0.25, -0.2) is 0 Å². The number of carbonyl (C=O) groups is 1. The second-order valence-electron chi connectivity index (χ2n) is 6.41. The third-order valence-corrected chi connectivity index (χ3v) is 4.50. The fourth-order valence-corrected chi connectivity index (χ4v) is 3.13. The number of hydrogen-bond acceptors (Lipinski definition) is 3. The zero-order valence-corrected chi connectivity index (χ0v) is 15.0. The van der Waals surface area contributed by atoms with Gasteiger partial charge < -0.3 is 15.6 Å². The molecule has 27 heavy (non-hydrogen) atoms. The lowest BCUT2D eigenvalue weighted by atomic mass is 9.87. The number of hydrogen-bond donors (Lipinski definition) is 2. The number of carboxylic acids is 1. The van der Waals surface area contributed by atoms with Gasteiger partial charge in [0.05, 0.1) is 6.42 Å². The van der Waals surface area contributed by atoms with Crippen LogP contribution in [0.25, 0.3) is 0 Å². The van der Waals surface area contributed by atoms with E-state index in [0.29, 0.717) is 18.9 Å². The van der Waals surface area contributed by atoms with Crippen LogP contribution in [0.2, 0.25) is 0 Å². The minimum atomic E-state index is -0.851. The molecule has 0 amide bonds. The molecule has 0 radical (unpaired) electrons. The van der Waals surface area contributed by atoms with E-state index in [0.717, 1.165) is 22.3 Å². The maximum absolute atomic E-state index is 11.5. The molecule has 0 heterocycles. The maximum atomic E-state index is 11.5. The number of rotatable bonds is 8. The molecule has 4 nitrogen and oxygen atoms in total. The number of nitrogens with two attached hydrogens (primary N) is 1. The van der Waals surface area contributed by atoms with Gasteiger partial charge in [-0.1, -0.05) is 72.8 Å². The van der Waals surface area contributed by atoms with Crippen LogP contribution in [0.5, 0.6) is 5.75 Å². The quantitative estimate of drug-likeness (QED) is 0.626. The second-order valence-corrected chi connectivity index (χ2v) is 6.41. The summed E-state index contributed by atoms with van der Waals surface area (Å²) in [6.07, 6.45) is -0.0142. The summed E-state index contributed by atoms with van der Waals surface area (Å²) in [7, 11) is 0. The Morgan fingerprint density at radius 2 is 1.59 bits per heavy atom.